The maximum atomic E-state index is 10.1. The average molecular weight is 701 g/mol. The molecule has 0 aliphatic heterocycles. The Kier molecular flexibility index (Phi) is 51.7. The van der Waals surface area contributed by atoms with E-state index in [9.17, 15) is 29.7 Å². The fraction of sp³-hybridized carbons (Fsp3) is 0.917. The van der Waals surface area contributed by atoms with Crippen molar-refractivity contribution in [2.24, 2.45) is 0 Å². The Balaban J connectivity index is -0.000000262. The molecule has 0 amide bonds. The van der Waals surface area contributed by atoms with Crippen LogP contribution in [-0.2, 0) is 33.9 Å². The third kappa shape index (κ3) is 60.9. The van der Waals surface area contributed by atoms with Crippen LogP contribution in [0.3, 0.4) is 0 Å². The van der Waals surface area contributed by atoms with Crippen molar-refractivity contribution >= 4 is 17.9 Å². The molecule has 43 heavy (non-hydrogen) atoms. The van der Waals surface area contributed by atoms with E-state index in [1.54, 1.807) is 0 Å². The Labute approximate surface area is 279 Å². The SMILES string of the molecule is CCCCCCCCCCCC(=O)[O-].CCCCCCCCCCCC(=O)[O-].CCCCCCCCCCCC(=O)[O-].[Rh+3]. The molecule has 0 N–H and O–H groups in total. The van der Waals surface area contributed by atoms with E-state index in [2.05, 4.69) is 20.8 Å². The van der Waals surface area contributed by atoms with Crippen LogP contribution in [-0.4, -0.2) is 17.9 Å². The first-order valence-electron chi connectivity index (χ1n) is 17.9. The second-order valence-corrected chi connectivity index (χ2v) is 11.9. The Morgan fingerprint density at radius 1 is 0.302 bits per heavy atom. The summed E-state index contributed by atoms with van der Waals surface area (Å²) in [6.07, 6.45) is 33.5. The average Bonchev–Trinajstić information content (AvgIpc) is 2.95. The van der Waals surface area contributed by atoms with Crippen LogP contribution in [0.25, 0.3) is 0 Å². The third-order valence-electron chi connectivity index (χ3n) is 7.45. The first-order valence-corrected chi connectivity index (χ1v) is 17.9. The number of carboxylic acids is 3. The van der Waals surface area contributed by atoms with Gasteiger partial charge in [-0.2, -0.15) is 0 Å². The molecule has 6 nitrogen and oxygen atoms in total. The first kappa shape index (κ1) is 48.9. The molecule has 0 aromatic heterocycles. The summed E-state index contributed by atoms with van der Waals surface area (Å²) in [5, 5.41) is 30.3. The Morgan fingerprint density at radius 2 is 0.442 bits per heavy atom. The minimum atomic E-state index is -0.909. The van der Waals surface area contributed by atoms with Crippen LogP contribution in [0.5, 0.6) is 0 Å². The van der Waals surface area contributed by atoms with Gasteiger partial charge in [-0.05, 0) is 38.5 Å². The number of unbranched alkanes of at least 4 members (excludes halogenated alkanes) is 24. The summed E-state index contributed by atoms with van der Waals surface area (Å²) in [6.45, 7) is 6.67. The van der Waals surface area contributed by atoms with Crippen molar-refractivity contribution in [3.05, 3.63) is 0 Å². The predicted octanol–water partition coefficient (Wildman–Crippen LogP) is 7.97. The molecule has 0 spiro atoms. The monoisotopic (exact) mass is 700 g/mol. The summed E-state index contributed by atoms with van der Waals surface area (Å²) in [5.41, 5.74) is 0. The minimum Gasteiger partial charge on any atom is -0.550 e. The van der Waals surface area contributed by atoms with Gasteiger partial charge in [0, 0.05) is 17.9 Å². The molecular weight excluding hydrogens is 631 g/mol. The number of hydrogen-bond donors (Lipinski definition) is 0. The molecule has 0 heterocycles. The Hall–Kier alpha value is -0.967. The first-order chi connectivity index (χ1) is 20.3. The molecule has 0 saturated carbocycles. The quantitative estimate of drug-likeness (QED) is 0.0554. The van der Waals surface area contributed by atoms with Gasteiger partial charge in [0.25, 0.3) is 0 Å². The summed E-state index contributed by atoms with van der Waals surface area (Å²) in [7, 11) is 0. The van der Waals surface area contributed by atoms with Gasteiger partial charge in [0.2, 0.25) is 0 Å². The van der Waals surface area contributed by atoms with Crippen molar-refractivity contribution in [2.45, 2.75) is 213 Å². The van der Waals surface area contributed by atoms with Crippen LogP contribution in [0.4, 0.5) is 0 Å². The molecule has 0 fully saturated rings. The number of carbonyl (C=O) groups excluding carboxylic acids is 3. The zero-order valence-electron chi connectivity index (χ0n) is 28.5. The fourth-order valence-electron chi connectivity index (χ4n) is 4.74. The number of aliphatic carboxylic acids is 3. The smallest absolute Gasteiger partial charge is 0.550 e. The summed E-state index contributed by atoms with van der Waals surface area (Å²) in [4.78, 5) is 30.3. The van der Waals surface area contributed by atoms with Gasteiger partial charge in [-0.15, -0.1) is 0 Å². The van der Waals surface area contributed by atoms with E-state index < -0.39 is 17.9 Å². The molecule has 0 aromatic carbocycles. The van der Waals surface area contributed by atoms with E-state index in [4.69, 9.17) is 0 Å². The van der Waals surface area contributed by atoms with Gasteiger partial charge in [-0.1, -0.05) is 175 Å². The zero-order chi connectivity index (χ0) is 31.9. The van der Waals surface area contributed by atoms with Crippen molar-refractivity contribution in [1.82, 2.24) is 0 Å². The second kappa shape index (κ2) is 45.5. The van der Waals surface area contributed by atoms with Crippen molar-refractivity contribution in [1.29, 1.82) is 0 Å². The van der Waals surface area contributed by atoms with Crippen molar-refractivity contribution in [3.63, 3.8) is 0 Å². The van der Waals surface area contributed by atoms with Gasteiger partial charge in [-0.25, -0.2) is 0 Å². The largest absolute Gasteiger partial charge is 3.00 e. The van der Waals surface area contributed by atoms with E-state index in [1.807, 2.05) is 0 Å². The Morgan fingerprint density at radius 3 is 0.581 bits per heavy atom. The normalized spacial score (nSPS) is 10.1. The topological polar surface area (TPSA) is 120 Å². The maximum Gasteiger partial charge on any atom is 3.00 e. The summed E-state index contributed by atoms with van der Waals surface area (Å²) in [5.74, 6) is -2.73. The number of rotatable bonds is 30. The fourth-order valence-corrected chi connectivity index (χ4v) is 4.74. The molecular formula is C36H69O6Rh. The summed E-state index contributed by atoms with van der Waals surface area (Å²) >= 11 is 0. The van der Waals surface area contributed by atoms with Gasteiger partial charge < -0.3 is 29.7 Å². The summed E-state index contributed by atoms with van der Waals surface area (Å²) < 4.78 is 0. The van der Waals surface area contributed by atoms with Gasteiger partial charge in [0.15, 0.2) is 0 Å². The van der Waals surface area contributed by atoms with Crippen molar-refractivity contribution < 1.29 is 49.2 Å². The molecule has 0 aliphatic rings. The van der Waals surface area contributed by atoms with Crippen LogP contribution < -0.4 is 15.3 Å². The van der Waals surface area contributed by atoms with E-state index >= 15 is 0 Å². The van der Waals surface area contributed by atoms with Crippen molar-refractivity contribution in [2.75, 3.05) is 0 Å². The third-order valence-corrected chi connectivity index (χ3v) is 7.45. The number of carboxylic acid groups (broad SMARTS) is 3. The molecule has 7 heteroatoms. The number of carbonyl (C=O) groups is 3. The molecule has 0 aliphatic carbocycles. The molecule has 0 rings (SSSR count). The molecule has 0 atom stereocenters. The Bertz CT molecular complexity index is 480. The van der Waals surface area contributed by atoms with Crippen LogP contribution >= 0.6 is 0 Å². The van der Waals surface area contributed by atoms with E-state index in [0.717, 1.165) is 38.5 Å². The summed E-state index contributed by atoms with van der Waals surface area (Å²) in [6, 6.07) is 0. The molecule has 0 saturated heterocycles. The van der Waals surface area contributed by atoms with Gasteiger partial charge in [-0.3, -0.25) is 0 Å². The molecule has 0 aromatic rings. The standard InChI is InChI=1S/3C12H24O2.Rh/c3*1-2-3-4-5-6-7-8-9-10-11-12(13)14;/h3*2-11H2,1H3,(H,13,14);/q;;;+3/p-3. The number of hydrogen-bond acceptors (Lipinski definition) is 6. The van der Waals surface area contributed by atoms with Gasteiger partial charge in [0.1, 0.15) is 0 Å². The van der Waals surface area contributed by atoms with E-state index in [-0.39, 0.29) is 38.7 Å². The molecule has 0 unspecified atom stereocenters. The molecule has 0 radical (unpaired) electrons. The molecule has 0 bridgehead atoms. The van der Waals surface area contributed by atoms with Gasteiger partial charge in [0.05, 0.1) is 0 Å². The maximum absolute atomic E-state index is 10.1. The van der Waals surface area contributed by atoms with Crippen LogP contribution in [0.15, 0.2) is 0 Å². The van der Waals surface area contributed by atoms with E-state index in [1.165, 1.54) is 135 Å². The second-order valence-electron chi connectivity index (χ2n) is 11.9. The van der Waals surface area contributed by atoms with Crippen LogP contribution in [0.2, 0.25) is 0 Å². The van der Waals surface area contributed by atoms with Crippen molar-refractivity contribution in [3.8, 4) is 0 Å². The predicted molar refractivity (Wildman–Crippen MR) is 171 cm³/mol. The molecule has 258 valence electrons. The van der Waals surface area contributed by atoms with Gasteiger partial charge >= 0.3 is 19.5 Å². The minimum absolute atomic E-state index is 0. The zero-order valence-corrected chi connectivity index (χ0v) is 30.1. The van der Waals surface area contributed by atoms with Crippen LogP contribution in [0, 0.1) is 0 Å². The van der Waals surface area contributed by atoms with Crippen LogP contribution in [0.1, 0.15) is 213 Å². The van der Waals surface area contributed by atoms with E-state index in [0.29, 0.717) is 0 Å².